The van der Waals surface area contributed by atoms with Crippen LogP contribution in [0.5, 0.6) is 0 Å². The van der Waals surface area contributed by atoms with Crippen molar-refractivity contribution in [2.45, 2.75) is 0 Å². The third-order valence-corrected chi connectivity index (χ3v) is 1.82. The minimum absolute atomic E-state index is 0.208. The zero-order valence-electron chi connectivity index (χ0n) is 7.95. The van der Waals surface area contributed by atoms with E-state index in [1.807, 2.05) is 0 Å². The predicted octanol–water partition coefficient (Wildman–Crippen LogP) is 1.83. The number of aromatic carboxylic acids is 1. The Kier molecular flexibility index (Phi) is 3.35. The number of non-ortho nitro benzene ring substituents is 1. The molecule has 1 aromatic rings. The lowest BCUT2D eigenvalue weighted by Gasteiger charge is -2.00. The molecule has 0 aliphatic rings. The highest BCUT2D eigenvalue weighted by atomic mass is 16.6. The molecule has 0 unspecified atom stereocenters. The minimum Gasteiger partial charge on any atom is -0.478 e. The summed E-state index contributed by atoms with van der Waals surface area (Å²) in [5.41, 5.74) is -0.258. The highest BCUT2D eigenvalue weighted by Gasteiger charge is 2.14. The maximum absolute atomic E-state index is 10.8. The summed E-state index contributed by atoms with van der Waals surface area (Å²) >= 11 is 0. The fraction of sp³-hybridized carbons (Fsp3) is 0. The van der Waals surface area contributed by atoms with Gasteiger partial charge in [-0.15, -0.1) is 0 Å². The second kappa shape index (κ2) is 4.70. The number of hydrogen-bond acceptors (Lipinski definition) is 4. The van der Waals surface area contributed by atoms with Crippen molar-refractivity contribution in [3.05, 3.63) is 45.5 Å². The lowest BCUT2D eigenvalue weighted by Crippen LogP contribution is -2.01. The van der Waals surface area contributed by atoms with E-state index in [2.05, 4.69) is 0 Å². The SMILES string of the molecule is N#C/C=C/c1ccc([N+](=O)[O-])cc1C(=O)O. The van der Waals surface area contributed by atoms with E-state index >= 15 is 0 Å². The second-order valence-electron chi connectivity index (χ2n) is 2.80. The Bertz CT molecular complexity index is 514. The van der Waals surface area contributed by atoms with Crippen LogP contribution in [-0.2, 0) is 0 Å². The van der Waals surface area contributed by atoms with Crippen LogP contribution in [0.15, 0.2) is 24.3 Å². The van der Waals surface area contributed by atoms with E-state index in [1.165, 1.54) is 18.2 Å². The van der Waals surface area contributed by atoms with E-state index in [-0.39, 0.29) is 16.8 Å². The number of nitro groups is 1. The predicted molar refractivity (Wildman–Crippen MR) is 54.7 cm³/mol. The smallest absolute Gasteiger partial charge is 0.336 e. The van der Waals surface area contributed by atoms with Crippen LogP contribution in [0.3, 0.4) is 0 Å². The molecule has 0 aliphatic heterocycles. The van der Waals surface area contributed by atoms with E-state index < -0.39 is 10.9 Å². The number of nitro benzene ring substituents is 1. The van der Waals surface area contributed by atoms with Crippen LogP contribution < -0.4 is 0 Å². The first-order valence-corrected chi connectivity index (χ1v) is 4.14. The number of hydrogen-bond donors (Lipinski definition) is 1. The molecule has 6 nitrogen and oxygen atoms in total. The zero-order chi connectivity index (χ0) is 12.1. The summed E-state index contributed by atoms with van der Waals surface area (Å²) in [6.07, 6.45) is 2.39. The molecule has 0 amide bonds. The Hall–Kier alpha value is -2.68. The van der Waals surface area contributed by atoms with Crippen LogP contribution in [-0.4, -0.2) is 16.0 Å². The van der Waals surface area contributed by atoms with E-state index in [0.717, 1.165) is 12.1 Å². The quantitative estimate of drug-likeness (QED) is 0.473. The number of rotatable bonds is 3. The topological polar surface area (TPSA) is 104 Å². The molecule has 6 heteroatoms. The molecule has 1 rings (SSSR count). The van der Waals surface area contributed by atoms with Gasteiger partial charge in [0.15, 0.2) is 0 Å². The van der Waals surface area contributed by atoms with Crippen molar-refractivity contribution in [1.29, 1.82) is 5.26 Å². The summed E-state index contributed by atoms with van der Waals surface area (Å²) in [5.74, 6) is -1.28. The average molecular weight is 218 g/mol. The molecule has 0 atom stereocenters. The van der Waals surface area contributed by atoms with Crippen LogP contribution >= 0.6 is 0 Å². The Morgan fingerprint density at radius 1 is 1.56 bits per heavy atom. The number of allylic oxidation sites excluding steroid dienone is 1. The standard InChI is InChI=1S/C10H6N2O4/c11-5-1-2-7-3-4-8(12(15)16)6-9(7)10(13)14/h1-4,6H,(H,13,14)/b2-1+. The summed E-state index contributed by atoms with van der Waals surface area (Å²) in [6, 6.07) is 5.14. The molecule has 0 heterocycles. The first-order valence-electron chi connectivity index (χ1n) is 4.14. The van der Waals surface area contributed by atoms with Crippen molar-refractivity contribution in [3.8, 4) is 6.07 Å². The van der Waals surface area contributed by atoms with Crippen LogP contribution in [0.1, 0.15) is 15.9 Å². The van der Waals surface area contributed by atoms with Gasteiger partial charge in [-0.1, -0.05) is 0 Å². The molecular weight excluding hydrogens is 212 g/mol. The first kappa shape index (κ1) is 11.4. The van der Waals surface area contributed by atoms with Crippen LogP contribution in [0, 0.1) is 21.4 Å². The molecule has 0 saturated carbocycles. The zero-order valence-corrected chi connectivity index (χ0v) is 7.95. The number of carboxylic acid groups (broad SMARTS) is 1. The number of nitriles is 1. The molecular formula is C10H6N2O4. The van der Waals surface area contributed by atoms with Crippen molar-refractivity contribution >= 4 is 17.7 Å². The molecule has 0 aromatic heterocycles. The molecule has 0 aliphatic carbocycles. The summed E-state index contributed by atoms with van der Waals surface area (Å²) < 4.78 is 0. The molecule has 16 heavy (non-hydrogen) atoms. The van der Waals surface area contributed by atoms with E-state index in [4.69, 9.17) is 10.4 Å². The molecule has 1 N–H and O–H groups in total. The van der Waals surface area contributed by atoms with Gasteiger partial charge in [0, 0.05) is 18.2 Å². The molecule has 0 fully saturated rings. The van der Waals surface area contributed by atoms with Gasteiger partial charge in [-0.2, -0.15) is 5.26 Å². The number of nitrogens with zero attached hydrogens (tertiary/aromatic N) is 2. The Morgan fingerprint density at radius 3 is 2.75 bits per heavy atom. The third kappa shape index (κ3) is 2.42. The first-order chi connectivity index (χ1) is 7.56. The molecule has 0 bridgehead atoms. The fourth-order valence-electron chi connectivity index (χ4n) is 1.12. The summed E-state index contributed by atoms with van der Waals surface area (Å²) in [7, 11) is 0. The highest BCUT2D eigenvalue weighted by Crippen LogP contribution is 2.19. The van der Waals surface area contributed by atoms with Gasteiger partial charge >= 0.3 is 5.97 Å². The van der Waals surface area contributed by atoms with Gasteiger partial charge in [0.2, 0.25) is 0 Å². The average Bonchev–Trinajstić information content (AvgIpc) is 2.25. The van der Waals surface area contributed by atoms with Gasteiger partial charge in [-0.3, -0.25) is 10.1 Å². The lowest BCUT2D eigenvalue weighted by molar-refractivity contribution is -0.384. The number of carbonyl (C=O) groups is 1. The largest absolute Gasteiger partial charge is 0.478 e. The van der Waals surface area contributed by atoms with E-state index in [0.29, 0.717) is 0 Å². The molecule has 0 saturated heterocycles. The fourth-order valence-corrected chi connectivity index (χ4v) is 1.12. The highest BCUT2D eigenvalue weighted by molar-refractivity contribution is 5.93. The van der Waals surface area contributed by atoms with Gasteiger partial charge < -0.3 is 5.11 Å². The summed E-state index contributed by atoms with van der Waals surface area (Å²) in [4.78, 5) is 20.6. The van der Waals surface area contributed by atoms with E-state index in [1.54, 1.807) is 6.07 Å². The van der Waals surface area contributed by atoms with Gasteiger partial charge in [0.1, 0.15) is 0 Å². The van der Waals surface area contributed by atoms with Crippen LogP contribution in [0.2, 0.25) is 0 Å². The normalized spacial score (nSPS) is 9.94. The maximum Gasteiger partial charge on any atom is 0.336 e. The molecule has 0 spiro atoms. The lowest BCUT2D eigenvalue weighted by atomic mass is 10.1. The molecule has 80 valence electrons. The van der Waals surface area contributed by atoms with Crippen molar-refractivity contribution in [2.75, 3.05) is 0 Å². The monoisotopic (exact) mass is 218 g/mol. The van der Waals surface area contributed by atoms with Crippen LogP contribution in [0.4, 0.5) is 5.69 Å². The minimum atomic E-state index is -1.28. The van der Waals surface area contributed by atoms with Crippen molar-refractivity contribution in [3.63, 3.8) is 0 Å². The molecule has 1 aromatic carbocycles. The number of benzene rings is 1. The third-order valence-electron chi connectivity index (χ3n) is 1.82. The molecule has 0 radical (unpaired) electrons. The van der Waals surface area contributed by atoms with E-state index in [9.17, 15) is 14.9 Å². The van der Waals surface area contributed by atoms with Gasteiger partial charge in [-0.25, -0.2) is 4.79 Å². The van der Waals surface area contributed by atoms with Crippen molar-refractivity contribution < 1.29 is 14.8 Å². The van der Waals surface area contributed by atoms with Gasteiger partial charge in [-0.05, 0) is 17.7 Å². The van der Waals surface area contributed by atoms with Crippen molar-refractivity contribution in [1.82, 2.24) is 0 Å². The van der Waals surface area contributed by atoms with Crippen molar-refractivity contribution in [2.24, 2.45) is 0 Å². The Balaban J connectivity index is 3.31. The Morgan fingerprint density at radius 2 is 2.25 bits per heavy atom. The van der Waals surface area contributed by atoms with Gasteiger partial charge in [0.25, 0.3) is 5.69 Å². The van der Waals surface area contributed by atoms with Crippen LogP contribution in [0.25, 0.3) is 6.08 Å². The van der Waals surface area contributed by atoms with Gasteiger partial charge in [0.05, 0.1) is 16.6 Å². The summed E-state index contributed by atoms with van der Waals surface area (Å²) in [6.45, 7) is 0. The maximum atomic E-state index is 10.8. The Labute approximate surface area is 90.2 Å². The number of carboxylic acids is 1. The second-order valence-corrected chi connectivity index (χ2v) is 2.80. The summed E-state index contributed by atoms with van der Waals surface area (Å²) in [5, 5.41) is 27.6.